The number of fused-ring (bicyclic) bond motifs is 1. The Morgan fingerprint density at radius 2 is 2.12 bits per heavy atom. The van der Waals surface area contributed by atoms with E-state index in [1.807, 2.05) is 6.07 Å². The van der Waals surface area contributed by atoms with Crippen LogP contribution in [0.15, 0.2) is 22.7 Å². The fourth-order valence-corrected chi connectivity index (χ4v) is 2.92. The predicted molar refractivity (Wildman–Crippen MR) is 74.0 cm³/mol. The molecule has 0 saturated heterocycles. The SMILES string of the molecule is CC(C)(CN)C1(O)CCc2cc(Br)ccc2C1. The van der Waals surface area contributed by atoms with Gasteiger partial charge in [0.15, 0.2) is 0 Å². The van der Waals surface area contributed by atoms with Gasteiger partial charge in [0.25, 0.3) is 0 Å². The minimum absolute atomic E-state index is 0.238. The average molecular weight is 298 g/mol. The summed E-state index contributed by atoms with van der Waals surface area (Å²) in [5.41, 5.74) is 7.48. The van der Waals surface area contributed by atoms with E-state index < -0.39 is 5.60 Å². The molecule has 3 N–H and O–H groups in total. The monoisotopic (exact) mass is 297 g/mol. The Kier molecular flexibility index (Phi) is 3.36. The summed E-state index contributed by atoms with van der Waals surface area (Å²) in [6.07, 6.45) is 2.43. The van der Waals surface area contributed by atoms with Crippen molar-refractivity contribution in [1.29, 1.82) is 0 Å². The van der Waals surface area contributed by atoms with Gasteiger partial charge in [-0.15, -0.1) is 0 Å². The Morgan fingerprint density at radius 3 is 2.76 bits per heavy atom. The summed E-state index contributed by atoms with van der Waals surface area (Å²) in [6.45, 7) is 4.61. The highest BCUT2D eigenvalue weighted by atomic mass is 79.9. The smallest absolute Gasteiger partial charge is 0.0753 e. The number of hydrogen-bond donors (Lipinski definition) is 2. The van der Waals surface area contributed by atoms with Crippen molar-refractivity contribution in [3.05, 3.63) is 33.8 Å². The second-order valence-corrected chi connectivity index (χ2v) is 6.63. The van der Waals surface area contributed by atoms with Gasteiger partial charge in [-0.05, 0) is 36.1 Å². The highest BCUT2D eigenvalue weighted by Crippen LogP contribution is 2.41. The zero-order valence-corrected chi connectivity index (χ0v) is 12.0. The predicted octanol–water partition coefficient (Wildman–Crippen LogP) is 2.65. The van der Waals surface area contributed by atoms with Crippen LogP contribution >= 0.6 is 15.9 Å². The molecule has 0 saturated carbocycles. The molecule has 0 aromatic heterocycles. The normalized spacial score (nSPS) is 24.5. The molecular weight excluding hydrogens is 278 g/mol. The van der Waals surface area contributed by atoms with Crippen molar-refractivity contribution in [1.82, 2.24) is 0 Å². The summed E-state index contributed by atoms with van der Waals surface area (Å²) in [5.74, 6) is 0. The van der Waals surface area contributed by atoms with Crippen LogP contribution in [0.4, 0.5) is 0 Å². The van der Waals surface area contributed by atoms with Crippen molar-refractivity contribution in [3.63, 3.8) is 0 Å². The van der Waals surface area contributed by atoms with Gasteiger partial charge in [-0.2, -0.15) is 0 Å². The topological polar surface area (TPSA) is 46.2 Å². The molecule has 1 aromatic rings. The third-order valence-corrected chi connectivity index (χ3v) is 4.72. The zero-order valence-electron chi connectivity index (χ0n) is 10.5. The lowest BCUT2D eigenvalue weighted by Crippen LogP contribution is -2.52. The molecule has 3 heteroatoms. The van der Waals surface area contributed by atoms with Gasteiger partial charge in [0.05, 0.1) is 5.60 Å². The molecule has 1 aromatic carbocycles. The Bertz CT molecular complexity index is 430. The second kappa shape index (κ2) is 4.38. The third kappa shape index (κ3) is 2.28. The van der Waals surface area contributed by atoms with E-state index in [4.69, 9.17) is 5.73 Å². The van der Waals surface area contributed by atoms with Crippen LogP contribution in [0, 0.1) is 5.41 Å². The van der Waals surface area contributed by atoms with E-state index in [0.717, 1.165) is 17.3 Å². The molecule has 17 heavy (non-hydrogen) atoms. The zero-order chi connectivity index (χ0) is 12.7. The second-order valence-electron chi connectivity index (χ2n) is 5.71. The van der Waals surface area contributed by atoms with Crippen LogP contribution in [-0.4, -0.2) is 17.3 Å². The van der Waals surface area contributed by atoms with Gasteiger partial charge in [-0.25, -0.2) is 0 Å². The van der Waals surface area contributed by atoms with Crippen LogP contribution in [0.2, 0.25) is 0 Å². The van der Waals surface area contributed by atoms with Gasteiger partial charge < -0.3 is 10.8 Å². The maximum atomic E-state index is 10.8. The first-order valence-electron chi connectivity index (χ1n) is 6.08. The molecule has 1 aliphatic rings. The Hall–Kier alpha value is -0.380. The summed E-state index contributed by atoms with van der Waals surface area (Å²) in [4.78, 5) is 0. The third-order valence-electron chi connectivity index (χ3n) is 4.23. The molecule has 94 valence electrons. The van der Waals surface area contributed by atoms with Gasteiger partial charge in [-0.3, -0.25) is 0 Å². The van der Waals surface area contributed by atoms with E-state index >= 15 is 0 Å². The van der Waals surface area contributed by atoms with E-state index in [0.29, 0.717) is 13.0 Å². The lowest BCUT2D eigenvalue weighted by Gasteiger charge is -2.45. The largest absolute Gasteiger partial charge is 0.389 e. The van der Waals surface area contributed by atoms with Crippen LogP contribution in [-0.2, 0) is 12.8 Å². The first-order chi connectivity index (χ1) is 7.88. The number of rotatable bonds is 2. The molecule has 2 nitrogen and oxygen atoms in total. The number of benzene rings is 1. The van der Waals surface area contributed by atoms with E-state index in [9.17, 15) is 5.11 Å². The molecule has 1 atom stereocenters. The molecule has 0 bridgehead atoms. The number of aliphatic hydroxyl groups is 1. The summed E-state index contributed by atoms with van der Waals surface area (Å²) in [5, 5.41) is 10.8. The molecular formula is C14H20BrNO. The summed E-state index contributed by atoms with van der Waals surface area (Å²) in [6, 6.07) is 6.31. The molecule has 0 radical (unpaired) electrons. The van der Waals surface area contributed by atoms with Crippen LogP contribution in [0.25, 0.3) is 0 Å². The van der Waals surface area contributed by atoms with Crippen molar-refractivity contribution in [2.45, 2.75) is 38.7 Å². The molecule has 2 rings (SSSR count). The molecule has 1 aliphatic carbocycles. The molecule has 0 spiro atoms. The van der Waals surface area contributed by atoms with Gasteiger partial charge >= 0.3 is 0 Å². The number of halogens is 1. The van der Waals surface area contributed by atoms with Crippen LogP contribution in [0.1, 0.15) is 31.4 Å². The molecule has 0 heterocycles. The summed E-state index contributed by atoms with van der Waals surface area (Å²) >= 11 is 3.49. The molecule has 0 aliphatic heterocycles. The summed E-state index contributed by atoms with van der Waals surface area (Å²) in [7, 11) is 0. The average Bonchev–Trinajstić information content (AvgIpc) is 2.29. The fourth-order valence-electron chi connectivity index (χ4n) is 2.51. The van der Waals surface area contributed by atoms with E-state index in [2.05, 4.69) is 41.9 Å². The number of aryl methyl sites for hydroxylation is 1. The lowest BCUT2D eigenvalue weighted by atomic mass is 9.66. The first kappa shape index (κ1) is 13.1. The Morgan fingerprint density at radius 1 is 1.41 bits per heavy atom. The first-order valence-corrected chi connectivity index (χ1v) is 6.87. The quantitative estimate of drug-likeness (QED) is 0.881. The van der Waals surface area contributed by atoms with Gasteiger partial charge in [0.2, 0.25) is 0 Å². The standard InChI is InChI=1S/C14H20BrNO/c1-13(2,9-16)14(17)6-5-10-7-12(15)4-3-11(10)8-14/h3-4,7,17H,5-6,8-9,16H2,1-2H3. The highest BCUT2D eigenvalue weighted by molar-refractivity contribution is 9.10. The minimum atomic E-state index is -0.678. The molecule has 0 fully saturated rings. The maximum absolute atomic E-state index is 10.8. The maximum Gasteiger partial charge on any atom is 0.0753 e. The fraction of sp³-hybridized carbons (Fsp3) is 0.571. The van der Waals surface area contributed by atoms with Crippen molar-refractivity contribution in [3.8, 4) is 0 Å². The van der Waals surface area contributed by atoms with Crippen molar-refractivity contribution < 1.29 is 5.11 Å². The summed E-state index contributed by atoms with van der Waals surface area (Å²) < 4.78 is 1.11. The van der Waals surface area contributed by atoms with Gasteiger partial charge in [0.1, 0.15) is 0 Å². The van der Waals surface area contributed by atoms with Crippen LogP contribution in [0.3, 0.4) is 0 Å². The Labute approximate surface area is 111 Å². The lowest BCUT2D eigenvalue weighted by molar-refractivity contribution is -0.0725. The Balaban J connectivity index is 2.32. The highest BCUT2D eigenvalue weighted by Gasteiger charge is 2.44. The van der Waals surface area contributed by atoms with Crippen LogP contribution < -0.4 is 5.73 Å². The van der Waals surface area contributed by atoms with E-state index in [1.165, 1.54) is 11.1 Å². The van der Waals surface area contributed by atoms with Crippen molar-refractivity contribution in [2.75, 3.05) is 6.54 Å². The van der Waals surface area contributed by atoms with E-state index in [-0.39, 0.29) is 5.41 Å². The minimum Gasteiger partial charge on any atom is -0.389 e. The molecule has 0 amide bonds. The van der Waals surface area contributed by atoms with Crippen molar-refractivity contribution in [2.24, 2.45) is 11.1 Å². The number of nitrogens with two attached hydrogens (primary N) is 1. The van der Waals surface area contributed by atoms with E-state index in [1.54, 1.807) is 0 Å². The van der Waals surface area contributed by atoms with Crippen LogP contribution in [0.5, 0.6) is 0 Å². The van der Waals surface area contributed by atoms with Gasteiger partial charge in [0, 0.05) is 22.9 Å². The number of hydrogen-bond acceptors (Lipinski definition) is 2. The van der Waals surface area contributed by atoms with Gasteiger partial charge in [-0.1, -0.05) is 35.8 Å². The molecule has 1 unspecified atom stereocenters. The van der Waals surface area contributed by atoms with Crippen molar-refractivity contribution >= 4 is 15.9 Å².